The van der Waals surface area contributed by atoms with E-state index >= 15 is 0 Å². The highest BCUT2D eigenvalue weighted by molar-refractivity contribution is 7.86. The number of nitriles is 1. The van der Waals surface area contributed by atoms with Crippen molar-refractivity contribution in [3.05, 3.63) is 24.1 Å². The van der Waals surface area contributed by atoms with E-state index in [2.05, 4.69) is 4.98 Å². The lowest BCUT2D eigenvalue weighted by atomic mass is 10.3. The van der Waals surface area contributed by atoms with Crippen molar-refractivity contribution in [2.45, 2.75) is 19.4 Å². The Labute approximate surface area is 136 Å². The molecular formula is C14H20FN5O2S. The summed E-state index contributed by atoms with van der Waals surface area (Å²) in [5.74, 6) is -0.167. The van der Waals surface area contributed by atoms with Crippen LogP contribution in [0.3, 0.4) is 0 Å². The first-order chi connectivity index (χ1) is 10.9. The summed E-state index contributed by atoms with van der Waals surface area (Å²) in [5, 5.41) is 8.71. The maximum Gasteiger partial charge on any atom is 0.282 e. The van der Waals surface area contributed by atoms with Gasteiger partial charge in [-0.25, -0.2) is 9.37 Å². The van der Waals surface area contributed by atoms with Crippen molar-refractivity contribution in [2.24, 2.45) is 0 Å². The van der Waals surface area contributed by atoms with Crippen molar-refractivity contribution < 1.29 is 12.8 Å². The number of rotatable bonds is 5. The highest BCUT2D eigenvalue weighted by atomic mass is 32.2. The van der Waals surface area contributed by atoms with Gasteiger partial charge in [0.15, 0.2) is 11.6 Å². The molecule has 0 amide bonds. The van der Waals surface area contributed by atoms with E-state index in [1.54, 1.807) is 11.8 Å². The fraction of sp³-hybridized carbons (Fsp3) is 0.571. The number of hydrogen-bond acceptors (Lipinski definition) is 5. The van der Waals surface area contributed by atoms with Gasteiger partial charge >= 0.3 is 0 Å². The lowest BCUT2D eigenvalue weighted by Crippen LogP contribution is -2.54. The van der Waals surface area contributed by atoms with E-state index in [1.165, 1.54) is 34.0 Å². The van der Waals surface area contributed by atoms with E-state index in [4.69, 9.17) is 5.26 Å². The van der Waals surface area contributed by atoms with Crippen LogP contribution in [-0.2, 0) is 10.2 Å². The van der Waals surface area contributed by atoms with E-state index in [0.717, 1.165) is 0 Å². The predicted octanol–water partition coefficient (Wildman–Crippen LogP) is 0.821. The van der Waals surface area contributed by atoms with Gasteiger partial charge in [-0.1, -0.05) is 0 Å². The van der Waals surface area contributed by atoms with Crippen LogP contribution in [0.15, 0.2) is 18.3 Å². The van der Waals surface area contributed by atoms with Crippen LogP contribution in [-0.4, -0.2) is 61.3 Å². The molecule has 0 spiro atoms. The minimum absolute atomic E-state index is 0.134. The minimum atomic E-state index is -3.62. The Kier molecular flexibility index (Phi) is 5.51. The fourth-order valence-electron chi connectivity index (χ4n) is 2.41. The third-order valence-electron chi connectivity index (χ3n) is 3.97. The molecule has 1 aliphatic rings. The topological polar surface area (TPSA) is 80.5 Å². The molecule has 1 atom stereocenters. The van der Waals surface area contributed by atoms with Crippen molar-refractivity contribution in [3.63, 3.8) is 0 Å². The molecule has 1 saturated heterocycles. The maximum absolute atomic E-state index is 13.7. The third kappa shape index (κ3) is 3.77. The van der Waals surface area contributed by atoms with Gasteiger partial charge in [-0.15, -0.1) is 0 Å². The Morgan fingerprint density at radius 1 is 1.43 bits per heavy atom. The molecule has 1 aromatic rings. The molecule has 7 nitrogen and oxygen atoms in total. The summed E-state index contributed by atoms with van der Waals surface area (Å²) in [4.78, 5) is 5.75. The lowest BCUT2D eigenvalue weighted by molar-refractivity contribution is 0.315. The first-order valence-corrected chi connectivity index (χ1v) is 8.73. The zero-order valence-electron chi connectivity index (χ0n) is 13.2. The molecule has 0 aliphatic carbocycles. The summed E-state index contributed by atoms with van der Waals surface area (Å²) in [6.45, 7) is 2.94. The lowest BCUT2D eigenvalue weighted by Gasteiger charge is -2.37. The molecule has 1 fully saturated rings. The van der Waals surface area contributed by atoms with Gasteiger partial charge in [0, 0.05) is 45.5 Å². The second-order valence-corrected chi connectivity index (χ2v) is 7.42. The van der Waals surface area contributed by atoms with E-state index < -0.39 is 22.1 Å². The minimum Gasteiger partial charge on any atom is -0.352 e. The Morgan fingerprint density at radius 3 is 2.65 bits per heavy atom. The first-order valence-electron chi connectivity index (χ1n) is 7.33. The molecule has 0 N–H and O–H groups in total. The summed E-state index contributed by atoms with van der Waals surface area (Å²) >= 11 is 0. The third-order valence-corrected chi connectivity index (χ3v) is 6.08. The molecule has 0 saturated carbocycles. The standard InChI is InChI=1S/C14H20FN5O2S/c1-12(5-6-16)18(2)23(21,22)20-10-8-19(9-11-20)14-13(15)4-3-7-17-14/h3-4,7,12H,5,8-11H2,1-2H3/t12-/m0/s1. The number of piperazine rings is 1. The fourth-order valence-corrected chi connectivity index (χ4v) is 3.93. The van der Waals surface area contributed by atoms with E-state index in [-0.39, 0.29) is 25.3 Å². The SMILES string of the molecule is C[C@@H](CC#N)N(C)S(=O)(=O)N1CCN(c2ncccc2F)CC1. The summed E-state index contributed by atoms with van der Waals surface area (Å²) < 4.78 is 41.4. The largest absolute Gasteiger partial charge is 0.352 e. The average molecular weight is 341 g/mol. The van der Waals surface area contributed by atoms with Gasteiger partial charge in [0.25, 0.3) is 10.2 Å². The van der Waals surface area contributed by atoms with Gasteiger partial charge in [-0.2, -0.15) is 22.3 Å². The van der Waals surface area contributed by atoms with Gasteiger partial charge in [-0.3, -0.25) is 0 Å². The smallest absolute Gasteiger partial charge is 0.282 e. The molecule has 2 rings (SSSR count). The van der Waals surface area contributed by atoms with Gasteiger partial charge in [0.05, 0.1) is 12.5 Å². The summed E-state index contributed by atoms with van der Waals surface area (Å²) in [6, 6.07) is 4.44. The van der Waals surface area contributed by atoms with Gasteiger partial charge in [0.2, 0.25) is 0 Å². The second-order valence-electron chi connectivity index (χ2n) is 5.43. The Balaban J connectivity index is 2.04. The van der Waals surface area contributed by atoms with Crippen LogP contribution >= 0.6 is 0 Å². The number of anilines is 1. The summed E-state index contributed by atoms with van der Waals surface area (Å²) in [7, 11) is -2.15. The van der Waals surface area contributed by atoms with Crippen LogP contribution in [0.2, 0.25) is 0 Å². The van der Waals surface area contributed by atoms with Crippen LogP contribution in [0.4, 0.5) is 10.2 Å². The molecule has 0 aromatic carbocycles. The predicted molar refractivity (Wildman–Crippen MR) is 84.4 cm³/mol. The number of hydrogen-bond donors (Lipinski definition) is 0. The van der Waals surface area contributed by atoms with Crippen LogP contribution in [0.1, 0.15) is 13.3 Å². The van der Waals surface area contributed by atoms with Gasteiger partial charge in [-0.05, 0) is 19.1 Å². The van der Waals surface area contributed by atoms with E-state index in [0.29, 0.717) is 13.1 Å². The Bertz CT molecular complexity index is 683. The number of halogens is 1. The van der Waals surface area contributed by atoms with Crippen LogP contribution in [0, 0.1) is 17.1 Å². The highest BCUT2D eigenvalue weighted by Crippen LogP contribution is 2.20. The molecule has 23 heavy (non-hydrogen) atoms. The molecule has 0 unspecified atom stereocenters. The molecule has 1 aromatic heterocycles. The quantitative estimate of drug-likeness (QED) is 0.792. The highest BCUT2D eigenvalue weighted by Gasteiger charge is 2.33. The molecule has 1 aliphatic heterocycles. The number of nitrogens with zero attached hydrogens (tertiary/aromatic N) is 5. The Hall–Kier alpha value is -1.76. The molecule has 0 bridgehead atoms. The zero-order valence-corrected chi connectivity index (χ0v) is 14.0. The normalized spacial score (nSPS) is 18.0. The summed E-state index contributed by atoms with van der Waals surface area (Å²) in [5.41, 5.74) is 0. The van der Waals surface area contributed by atoms with Crippen LogP contribution in [0.5, 0.6) is 0 Å². The van der Waals surface area contributed by atoms with Crippen LogP contribution in [0.25, 0.3) is 0 Å². The van der Waals surface area contributed by atoms with E-state index in [1.807, 2.05) is 6.07 Å². The number of aromatic nitrogens is 1. The molecule has 0 radical (unpaired) electrons. The first kappa shape index (κ1) is 17.6. The Morgan fingerprint density at radius 2 is 2.09 bits per heavy atom. The van der Waals surface area contributed by atoms with Crippen molar-refractivity contribution >= 4 is 16.0 Å². The van der Waals surface area contributed by atoms with Crippen molar-refractivity contribution in [3.8, 4) is 6.07 Å². The van der Waals surface area contributed by atoms with Crippen molar-refractivity contribution in [2.75, 3.05) is 38.1 Å². The molecular weight excluding hydrogens is 321 g/mol. The van der Waals surface area contributed by atoms with Crippen molar-refractivity contribution in [1.29, 1.82) is 5.26 Å². The average Bonchev–Trinajstić information content (AvgIpc) is 2.55. The van der Waals surface area contributed by atoms with E-state index in [9.17, 15) is 12.8 Å². The number of pyridine rings is 1. The monoisotopic (exact) mass is 341 g/mol. The van der Waals surface area contributed by atoms with Gasteiger partial charge < -0.3 is 4.90 Å². The summed E-state index contributed by atoms with van der Waals surface area (Å²) in [6.07, 6.45) is 1.65. The van der Waals surface area contributed by atoms with Gasteiger partial charge in [0.1, 0.15) is 0 Å². The zero-order chi connectivity index (χ0) is 17.0. The molecule has 9 heteroatoms. The molecule has 2 heterocycles. The second kappa shape index (κ2) is 7.21. The van der Waals surface area contributed by atoms with Crippen molar-refractivity contribution in [1.82, 2.24) is 13.6 Å². The maximum atomic E-state index is 13.7. The molecule has 126 valence electrons. The van der Waals surface area contributed by atoms with Crippen LogP contribution < -0.4 is 4.90 Å².